The van der Waals surface area contributed by atoms with Crippen LogP contribution in [0.15, 0.2) is 40.1 Å². The smallest absolute Gasteiger partial charge is 0.289 e. The minimum absolute atomic E-state index is 0.0489. The average Bonchev–Trinajstić information content (AvgIpc) is 3.21. The van der Waals surface area contributed by atoms with E-state index in [1.54, 1.807) is 18.3 Å². The van der Waals surface area contributed by atoms with Crippen molar-refractivity contribution < 1.29 is 21.6 Å². The highest BCUT2D eigenvalue weighted by Gasteiger charge is 2.33. The third-order valence-corrected chi connectivity index (χ3v) is 6.38. The number of nitrogens with one attached hydrogen (secondary N) is 1. The fourth-order valence-corrected chi connectivity index (χ4v) is 4.33. The highest BCUT2D eigenvalue weighted by Crippen LogP contribution is 2.35. The van der Waals surface area contributed by atoms with Gasteiger partial charge >= 0.3 is 6.18 Å². The van der Waals surface area contributed by atoms with Gasteiger partial charge < -0.3 is 0 Å². The van der Waals surface area contributed by atoms with E-state index in [4.69, 9.17) is 0 Å². The number of alkyl halides is 3. The summed E-state index contributed by atoms with van der Waals surface area (Å²) in [6.07, 6.45) is -2.03. The number of hydrogen-bond donors (Lipinski definition) is 1. The molecule has 0 atom stereocenters. The molecule has 0 amide bonds. The molecule has 12 heteroatoms. The number of rotatable bonds is 3. The molecule has 0 spiro atoms. The summed E-state index contributed by atoms with van der Waals surface area (Å²) in [5.41, 5.74) is -0.469. The zero-order chi connectivity index (χ0) is 20.3. The number of aromatic amines is 1. The van der Waals surface area contributed by atoms with Crippen LogP contribution in [0.3, 0.4) is 0 Å². The lowest BCUT2D eigenvalue weighted by Gasteiger charge is -2.05. The van der Waals surface area contributed by atoms with Gasteiger partial charge in [-0.2, -0.15) is 18.3 Å². The number of H-pyrrole nitrogens is 1. The molecule has 0 radical (unpaired) electrons. The topological polar surface area (TPSA) is 93.0 Å². The quantitative estimate of drug-likeness (QED) is 0.487. The summed E-state index contributed by atoms with van der Waals surface area (Å²) in [5.74, 6) is -0.181. The molecule has 0 aliphatic carbocycles. The Morgan fingerprint density at radius 3 is 2.68 bits per heavy atom. The van der Waals surface area contributed by atoms with Crippen molar-refractivity contribution in [3.8, 4) is 11.4 Å². The van der Waals surface area contributed by atoms with Gasteiger partial charge in [-0.1, -0.05) is 6.92 Å². The first-order valence-electron chi connectivity index (χ1n) is 7.94. The van der Waals surface area contributed by atoms with Crippen LogP contribution in [-0.4, -0.2) is 38.7 Å². The number of nitrogens with zero attached hydrogens (tertiary/aromatic N) is 4. The lowest BCUT2D eigenvalue weighted by Crippen LogP contribution is -2.09. The summed E-state index contributed by atoms with van der Waals surface area (Å²) >= 11 is 3.30. The molecule has 4 rings (SSSR count). The first-order chi connectivity index (χ1) is 13.1. The Morgan fingerprint density at radius 1 is 1.25 bits per heavy atom. The summed E-state index contributed by atoms with van der Waals surface area (Å²) in [4.78, 5) is 7.80. The fraction of sp³-hybridized carbons (Fsp3) is 0.188. The zero-order valence-corrected chi connectivity index (χ0v) is 16.5. The van der Waals surface area contributed by atoms with Gasteiger partial charge in [-0.15, -0.1) is 0 Å². The van der Waals surface area contributed by atoms with Crippen molar-refractivity contribution >= 4 is 42.3 Å². The number of aromatic nitrogens is 5. The lowest BCUT2D eigenvalue weighted by molar-refractivity contribution is -0.141. The van der Waals surface area contributed by atoms with Gasteiger partial charge in [0.15, 0.2) is 14.9 Å². The van der Waals surface area contributed by atoms with Crippen molar-refractivity contribution in [1.82, 2.24) is 24.6 Å². The van der Waals surface area contributed by atoms with Gasteiger partial charge in [0, 0.05) is 22.3 Å². The first kappa shape index (κ1) is 18.9. The Kier molecular flexibility index (Phi) is 4.23. The first-order valence-corrected chi connectivity index (χ1v) is 10.4. The number of hydrogen-bond acceptors (Lipinski definition) is 5. The van der Waals surface area contributed by atoms with E-state index in [9.17, 15) is 21.6 Å². The molecular weight excluding hydrogens is 463 g/mol. The number of imidazole rings is 1. The molecule has 0 saturated heterocycles. The van der Waals surface area contributed by atoms with E-state index >= 15 is 0 Å². The van der Waals surface area contributed by atoms with Crippen LogP contribution in [0.5, 0.6) is 0 Å². The van der Waals surface area contributed by atoms with E-state index in [0.29, 0.717) is 10.1 Å². The molecule has 0 fully saturated rings. The number of pyridine rings is 2. The number of halogens is 4. The standard InChI is InChI=1S/C16H11BrF3N5O2S/c1-2-28(26,27)15-14(22-12-4-3-8(17)7-25(12)15)13-9-6-21-11(16(18,19)20)5-10(9)23-24-13/h3-7H,2H2,1H3,(H,23,24). The van der Waals surface area contributed by atoms with E-state index in [2.05, 4.69) is 36.1 Å². The molecule has 1 N–H and O–H groups in total. The lowest BCUT2D eigenvalue weighted by atomic mass is 10.2. The van der Waals surface area contributed by atoms with Crippen molar-refractivity contribution in [2.45, 2.75) is 18.1 Å². The normalized spacial score (nSPS) is 12.9. The van der Waals surface area contributed by atoms with Gasteiger partial charge in [0.25, 0.3) is 0 Å². The maximum atomic E-state index is 12.9. The van der Waals surface area contributed by atoms with Crippen molar-refractivity contribution in [2.24, 2.45) is 0 Å². The van der Waals surface area contributed by atoms with Gasteiger partial charge in [0.05, 0.1) is 11.3 Å². The maximum Gasteiger partial charge on any atom is 0.433 e. The summed E-state index contributed by atoms with van der Waals surface area (Å²) in [7, 11) is -3.73. The molecular formula is C16H11BrF3N5O2S. The molecule has 4 aromatic heterocycles. The van der Waals surface area contributed by atoms with E-state index in [1.165, 1.54) is 11.3 Å². The average molecular weight is 474 g/mol. The summed E-state index contributed by atoms with van der Waals surface area (Å²) in [6.45, 7) is 1.50. The summed E-state index contributed by atoms with van der Waals surface area (Å²) in [6, 6.07) is 4.15. The monoisotopic (exact) mass is 473 g/mol. The van der Waals surface area contributed by atoms with Crippen molar-refractivity contribution in [3.05, 3.63) is 40.8 Å². The van der Waals surface area contributed by atoms with Crippen LogP contribution >= 0.6 is 15.9 Å². The van der Waals surface area contributed by atoms with Crippen molar-refractivity contribution in [3.63, 3.8) is 0 Å². The molecule has 0 aromatic carbocycles. The Labute approximate surface area is 164 Å². The van der Waals surface area contributed by atoms with Gasteiger partial charge in [-0.25, -0.2) is 13.4 Å². The van der Waals surface area contributed by atoms with Gasteiger partial charge in [0.1, 0.15) is 22.7 Å². The van der Waals surface area contributed by atoms with Crippen LogP contribution < -0.4 is 0 Å². The molecule has 0 saturated carbocycles. The zero-order valence-electron chi connectivity index (χ0n) is 14.1. The summed E-state index contributed by atoms with van der Waals surface area (Å²) < 4.78 is 66.2. The van der Waals surface area contributed by atoms with Crippen LogP contribution in [0.2, 0.25) is 0 Å². The van der Waals surface area contributed by atoms with Crippen molar-refractivity contribution in [2.75, 3.05) is 5.75 Å². The van der Waals surface area contributed by atoms with Gasteiger partial charge in [-0.05, 0) is 34.1 Å². The molecule has 0 aliphatic heterocycles. The molecule has 4 aromatic rings. The third-order valence-electron chi connectivity index (χ3n) is 4.18. The van der Waals surface area contributed by atoms with E-state index in [1.807, 2.05) is 0 Å². The molecule has 0 aliphatic rings. The molecule has 4 heterocycles. The number of fused-ring (bicyclic) bond motifs is 2. The molecule has 0 unspecified atom stereocenters. The molecule has 7 nitrogen and oxygen atoms in total. The molecule has 28 heavy (non-hydrogen) atoms. The number of sulfone groups is 1. The molecule has 146 valence electrons. The second-order valence-corrected chi connectivity index (χ2v) is 9.04. The Hall–Kier alpha value is -2.47. The van der Waals surface area contributed by atoms with Crippen LogP contribution in [0, 0.1) is 0 Å². The maximum absolute atomic E-state index is 12.9. The molecule has 0 bridgehead atoms. The van der Waals surface area contributed by atoms with E-state index < -0.39 is 21.7 Å². The predicted molar refractivity (Wildman–Crippen MR) is 98.5 cm³/mol. The second-order valence-electron chi connectivity index (χ2n) is 5.93. The highest BCUT2D eigenvalue weighted by atomic mass is 79.9. The van der Waals surface area contributed by atoms with Gasteiger partial charge in [0.2, 0.25) is 0 Å². The minimum atomic E-state index is -4.61. The van der Waals surface area contributed by atoms with E-state index in [-0.39, 0.29) is 33.1 Å². The minimum Gasteiger partial charge on any atom is -0.289 e. The largest absolute Gasteiger partial charge is 0.433 e. The van der Waals surface area contributed by atoms with Crippen LogP contribution in [-0.2, 0) is 16.0 Å². The van der Waals surface area contributed by atoms with Crippen LogP contribution in [0.4, 0.5) is 13.2 Å². The van der Waals surface area contributed by atoms with Crippen LogP contribution in [0.25, 0.3) is 27.9 Å². The fourth-order valence-electron chi connectivity index (χ4n) is 2.83. The van der Waals surface area contributed by atoms with Crippen molar-refractivity contribution in [1.29, 1.82) is 0 Å². The third kappa shape index (κ3) is 2.96. The Bertz CT molecular complexity index is 1330. The second kappa shape index (κ2) is 6.27. The van der Waals surface area contributed by atoms with Crippen LogP contribution in [0.1, 0.15) is 12.6 Å². The Morgan fingerprint density at radius 2 is 2.00 bits per heavy atom. The van der Waals surface area contributed by atoms with E-state index in [0.717, 1.165) is 12.3 Å². The Balaban J connectivity index is 2.03. The van der Waals surface area contributed by atoms with Gasteiger partial charge in [-0.3, -0.25) is 14.5 Å². The predicted octanol–water partition coefficient (Wildman–Crippen LogP) is 3.85. The SMILES string of the molecule is CCS(=O)(=O)c1c(-c2n[nH]c3cc(C(F)(F)F)ncc23)nc2ccc(Br)cn12. The highest BCUT2D eigenvalue weighted by molar-refractivity contribution is 9.10. The summed E-state index contributed by atoms with van der Waals surface area (Å²) in [5, 5.41) is 6.69.